The van der Waals surface area contributed by atoms with Crippen molar-refractivity contribution in [3.05, 3.63) is 17.6 Å². The first-order chi connectivity index (χ1) is 9.16. The van der Waals surface area contributed by atoms with Crippen LogP contribution < -0.4 is 9.47 Å². The third-order valence-corrected chi connectivity index (χ3v) is 4.01. The molecule has 1 fully saturated rings. The maximum atomic E-state index is 14.2. The summed E-state index contributed by atoms with van der Waals surface area (Å²) in [6.45, 7) is 6.10. The number of aromatic nitrogens is 1. The average molecular weight is 266 g/mol. The van der Waals surface area contributed by atoms with Gasteiger partial charge in [0.25, 0.3) is 5.88 Å². The van der Waals surface area contributed by atoms with Crippen LogP contribution in [0.1, 0.15) is 38.4 Å². The van der Waals surface area contributed by atoms with E-state index in [-0.39, 0.29) is 11.9 Å². The van der Waals surface area contributed by atoms with Gasteiger partial charge in [0.05, 0.1) is 11.7 Å². The Morgan fingerprint density at radius 3 is 2.95 bits per heavy atom. The summed E-state index contributed by atoms with van der Waals surface area (Å²) in [5.74, 6) is 0.520. The SMILES string of the molecule is C[C@H](c1nc2c(cc1F)OCCO2)N1CCC[C@@H]1C. The minimum Gasteiger partial charge on any atom is -0.484 e. The van der Waals surface area contributed by atoms with Crippen LogP contribution in [-0.2, 0) is 0 Å². The second kappa shape index (κ2) is 4.96. The van der Waals surface area contributed by atoms with Crippen LogP contribution >= 0.6 is 0 Å². The summed E-state index contributed by atoms with van der Waals surface area (Å²) in [6, 6.07) is 1.84. The number of fused-ring (bicyclic) bond motifs is 1. The zero-order chi connectivity index (χ0) is 13.4. The lowest BCUT2D eigenvalue weighted by Crippen LogP contribution is -2.31. The number of hydrogen-bond donors (Lipinski definition) is 0. The summed E-state index contributed by atoms with van der Waals surface area (Å²) in [7, 11) is 0. The van der Waals surface area contributed by atoms with Crippen LogP contribution in [0.5, 0.6) is 11.6 Å². The monoisotopic (exact) mass is 266 g/mol. The van der Waals surface area contributed by atoms with Gasteiger partial charge in [-0.2, -0.15) is 0 Å². The number of rotatable bonds is 2. The van der Waals surface area contributed by atoms with E-state index in [4.69, 9.17) is 9.47 Å². The molecule has 19 heavy (non-hydrogen) atoms. The summed E-state index contributed by atoms with van der Waals surface area (Å²) in [4.78, 5) is 6.62. The molecule has 0 N–H and O–H groups in total. The van der Waals surface area contributed by atoms with E-state index in [9.17, 15) is 4.39 Å². The summed E-state index contributed by atoms with van der Waals surface area (Å²) in [5, 5.41) is 0. The minimum atomic E-state index is -0.309. The summed E-state index contributed by atoms with van der Waals surface area (Å²) >= 11 is 0. The zero-order valence-corrected chi connectivity index (χ0v) is 11.4. The van der Waals surface area contributed by atoms with Gasteiger partial charge in [-0.1, -0.05) is 0 Å². The van der Waals surface area contributed by atoms with Crippen molar-refractivity contribution in [1.29, 1.82) is 0 Å². The first kappa shape index (κ1) is 12.7. The van der Waals surface area contributed by atoms with E-state index in [1.54, 1.807) is 0 Å². The normalized spacial score (nSPS) is 24.5. The van der Waals surface area contributed by atoms with Crippen molar-refractivity contribution < 1.29 is 13.9 Å². The summed E-state index contributed by atoms with van der Waals surface area (Å²) in [5.41, 5.74) is 0.456. The Kier molecular flexibility index (Phi) is 3.31. The lowest BCUT2D eigenvalue weighted by molar-refractivity contribution is 0.157. The maximum Gasteiger partial charge on any atom is 0.257 e. The number of halogens is 1. The maximum absolute atomic E-state index is 14.2. The highest BCUT2D eigenvalue weighted by molar-refractivity contribution is 5.37. The fourth-order valence-electron chi connectivity index (χ4n) is 2.95. The molecule has 0 radical (unpaired) electrons. The number of likely N-dealkylation sites (tertiary alicyclic amines) is 1. The van der Waals surface area contributed by atoms with Crippen LogP contribution in [0.2, 0.25) is 0 Å². The van der Waals surface area contributed by atoms with Crippen LogP contribution in [0, 0.1) is 5.82 Å². The van der Waals surface area contributed by atoms with Gasteiger partial charge in [-0.05, 0) is 33.2 Å². The van der Waals surface area contributed by atoms with E-state index in [0.29, 0.717) is 36.6 Å². The van der Waals surface area contributed by atoms with Crippen molar-refractivity contribution in [2.24, 2.45) is 0 Å². The first-order valence-electron chi connectivity index (χ1n) is 6.88. The molecule has 2 aliphatic heterocycles. The van der Waals surface area contributed by atoms with E-state index < -0.39 is 0 Å². The summed E-state index contributed by atoms with van der Waals surface area (Å²) in [6.07, 6.45) is 2.33. The van der Waals surface area contributed by atoms with E-state index in [0.717, 1.165) is 19.4 Å². The van der Waals surface area contributed by atoms with E-state index >= 15 is 0 Å². The zero-order valence-electron chi connectivity index (χ0n) is 11.4. The van der Waals surface area contributed by atoms with Crippen LogP contribution in [0.4, 0.5) is 4.39 Å². The van der Waals surface area contributed by atoms with E-state index in [1.165, 1.54) is 6.07 Å². The number of ether oxygens (including phenoxy) is 2. The Labute approximate surface area is 112 Å². The molecule has 1 aromatic heterocycles. The molecule has 0 bridgehead atoms. The Balaban J connectivity index is 1.91. The third kappa shape index (κ3) is 2.27. The van der Waals surface area contributed by atoms with Crippen LogP contribution in [0.25, 0.3) is 0 Å². The van der Waals surface area contributed by atoms with Gasteiger partial charge in [0, 0.05) is 12.1 Å². The topological polar surface area (TPSA) is 34.6 Å². The van der Waals surface area contributed by atoms with Gasteiger partial charge in [0.15, 0.2) is 5.75 Å². The van der Waals surface area contributed by atoms with E-state index in [2.05, 4.69) is 16.8 Å². The average Bonchev–Trinajstić information content (AvgIpc) is 2.83. The van der Waals surface area contributed by atoms with Crippen molar-refractivity contribution in [1.82, 2.24) is 9.88 Å². The molecule has 4 nitrogen and oxygen atoms in total. The smallest absolute Gasteiger partial charge is 0.257 e. The number of hydrogen-bond acceptors (Lipinski definition) is 4. The number of pyridine rings is 1. The minimum absolute atomic E-state index is 0.0340. The Morgan fingerprint density at radius 2 is 2.21 bits per heavy atom. The lowest BCUT2D eigenvalue weighted by Gasteiger charge is -2.29. The highest BCUT2D eigenvalue weighted by Gasteiger charge is 2.30. The molecule has 3 heterocycles. The van der Waals surface area contributed by atoms with Gasteiger partial charge in [-0.25, -0.2) is 9.37 Å². The van der Waals surface area contributed by atoms with E-state index in [1.807, 2.05) is 6.92 Å². The third-order valence-electron chi connectivity index (χ3n) is 4.01. The van der Waals surface area contributed by atoms with Crippen molar-refractivity contribution in [3.63, 3.8) is 0 Å². The van der Waals surface area contributed by atoms with Gasteiger partial charge in [-0.3, -0.25) is 4.90 Å². The van der Waals surface area contributed by atoms with Gasteiger partial charge in [-0.15, -0.1) is 0 Å². The van der Waals surface area contributed by atoms with Gasteiger partial charge < -0.3 is 9.47 Å². The standard InChI is InChI=1S/C14H19FN2O2/c1-9-4-3-5-17(9)10(2)13-11(15)8-12-14(16-13)19-7-6-18-12/h8-10H,3-7H2,1-2H3/t9-,10+/m0/s1. The number of nitrogens with zero attached hydrogens (tertiary/aromatic N) is 2. The van der Waals surface area contributed by atoms with Crippen molar-refractivity contribution in [2.45, 2.75) is 38.8 Å². The predicted octanol–water partition coefficient (Wildman–Crippen LogP) is 2.54. The molecular formula is C14H19FN2O2. The molecule has 0 amide bonds. The fourth-order valence-corrected chi connectivity index (χ4v) is 2.95. The van der Waals surface area contributed by atoms with Crippen LogP contribution in [-0.4, -0.2) is 35.7 Å². The molecule has 0 aliphatic carbocycles. The Morgan fingerprint density at radius 1 is 1.42 bits per heavy atom. The lowest BCUT2D eigenvalue weighted by atomic mass is 10.1. The molecule has 2 atom stereocenters. The largest absolute Gasteiger partial charge is 0.484 e. The summed E-state index contributed by atoms with van der Waals surface area (Å²) < 4.78 is 25.0. The Hall–Kier alpha value is -1.36. The molecule has 1 aromatic rings. The van der Waals surface area contributed by atoms with Gasteiger partial charge in [0.1, 0.15) is 19.0 Å². The quantitative estimate of drug-likeness (QED) is 0.824. The molecule has 0 aromatic carbocycles. The molecule has 0 spiro atoms. The molecule has 3 rings (SSSR count). The fraction of sp³-hybridized carbons (Fsp3) is 0.643. The van der Waals surface area contributed by atoms with Crippen molar-refractivity contribution >= 4 is 0 Å². The van der Waals surface area contributed by atoms with Crippen molar-refractivity contribution in [2.75, 3.05) is 19.8 Å². The Bertz CT molecular complexity index is 481. The molecule has 5 heteroatoms. The molecule has 1 saturated heterocycles. The van der Waals surface area contributed by atoms with Crippen LogP contribution in [0.15, 0.2) is 6.07 Å². The van der Waals surface area contributed by atoms with Gasteiger partial charge >= 0.3 is 0 Å². The van der Waals surface area contributed by atoms with Crippen LogP contribution in [0.3, 0.4) is 0 Å². The van der Waals surface area contributed by atoms with Gasteiger partial charge in [0.2, 0.25) is 0 Å². The molecule has 104 valence electrons. The highest BCUT2D eigenvalue weighted by Crippen LogP contribution is 2.35. The highest BCUT2D eigenvalue weighted by atomic mass is 19.1. The molecule has 0 unspecified atom stereocenters. The molecule has 2 aliphatic rings. The molecular weight excluding hydrogens is 247 g/mol. The second-order valence-corrected chi connectivity index (χ2v) is 5.26. The predicted molar refractivity (Wildman–Crippen MR) is 69.0 cm³/mol. The molecule has 0 saturated carbocycles. The second-order valence-electron chi connectivity index (χ2n) is 5.26. The first-order valence-corrected chi connectivity index (χ1v) is 6.88. The van der Waals surface area contributed by atoms with Crippen molar-refractivity contribution in [3.8, 4) is 11.6 Å².